The van der Waals surface area contributed by atoms with Gasteiger partial charge in [-0.25, -0.2) is 14.4 Å². The Morgan fingerprint density at radius 1 is 0.950 bits per heavy atom. The molecule has 0 unspecified atom stereocenters. The van der Waals surface area contributed by atoms with Gasteiger partial charge in [0.2, 0.25) is 0 Å². The van der Waals surface area contributed by atoms with Crippen LogP contribution in [0.2, 0.25) is 0 Å². The van der Waals surface area contributed by atoms with Crippen LogP contribution in [-0.4, -0.2) is 9.97 Å². The van der Waals surface area contributed by atoms with Crippen LogP contribution < -0.4 is 5.73 Å². The Morgan fingerprint density at radius 3 is 2.45 bits per heavy atom. The van der Waals surface area contributed by atoms with Crippen molar-refractivity contribution in [2.24, 2.45) is 0 Å². The van der Waals surface area contributed by atoms with Crippen molar-refractivity contribution in [2.75, 3.05) is 5.73 Å². The first-order valence-electron chi connectivity index (χ1n) is 6.36. The molecule has 20 heavy (non-hydrogen) atoms. The van der Waals surface area contributed by atoms with Gasteiger partial charge in [-0.3, -0.25) is 0 Å². The molecule has 3 nitrogen and oxygen atoms in total. The van der Waals surface area contributed by atoms with E-state index in [2.05, 4.69) is 9.97 Å². The Morgan fingerprint density at radius 2 is 1.65 bits per heavy atom. The van der Waals surface area contributed by atoms with Gasteiger partial charge in [0.25, 0.3) is 0 Å². The third-order valence-electron chi connectivity index (χ3n) is 3.39. The third kappa shape index (κ3) is 1.90. The van der Waals surface area contributed by atoms with Gasteiger partial charge in [-0.1, -0.05) is 24.3 Å². The number of fused-ring (bicyclic) bond motifs is 1. The number of hydrogen-bond donors (Lipinski definition) is 1. The van der Waals surface area contributed by atoms with Gasteiger partial charge in [0, 0.05) is 5.39 Å². The van der Waals surface area contributed by atoms with E-state index in [0.29, 0.717) is 22.8 Å². The smallest absolute Gasteiger partial charge is 0.165 e. The molecule has 4 heteroatoms. The van der Waals surface area contributed by atoms with Gasteiger partial charge in [-0.2, -0.15) is 0 Å². The first kappa shape index (κ1) is 12.5. The van der Waals surface area contributed by atoms with Gasteiger partial charge in [0.05, 0.1) is 11.1 Å². The minimum atomic E-state index is -0.307. The number of aryl methyl sites for hydroxylation is 2. The van der Waals surface area contributed by atoms with Gasteiger partial charge in [-0.15, -0.1) is 0 Å². The summed E-state index contributed by atoms with van der Waals surface area (Å²) >= 11 is 0. The molecule has 2 aromatic carbocycles. The van der Waals surface area contributed by atoms with Crippen molar-refractivity contribution >= 4 is 16.7 Å². The maximum atomic E-state index is 14.2. The lowest BCUT2D eigenvalue weighted by atomic mass is 10.1. The summed E-state index contributed by atoms with van der Waals surface area (Å²) in [5.41, 5.74) is 8.69. The van der Waals surface area contributed by atoms with Gasteiger partial charge in [-0.05, 0) is 37.1 Å². The number of nitrogens with two attached hydrogens (primary N) is 1. The zero-order valence-electron chi connectivity index (χ0n) is 11.3. The Bertz CT molecular complexity index is 812. The van der Waals surface area contributed by atoms with Crippen molar-refractivity contribution in [3.05, 3.63) is 53.3 Å². The SMILES string of the molecule is Cc1cccc(-c2nc(N)c3c(C)cccc3n2)c1F. The molecular formula is C16H14FN3. The van der Waals surface area contributed by atoms with Crippen LogP contribution >= 0.6 is 0 Å². The number of anilines is 1. The van der Waals surface area contributed by atoms with E-state index in [1.54, 1.807) is 25.1 Å². The molecule has 0 spiro atoms. The maximum absolute atomic E-state index is 14.2. The summed E-state index contributed by atoms with van der Waals surface area (Å²) in [6.07, 6.45) is 0. The Hall–Kier alpha value is -2.49. The van der Waals surface area contributed by atoms with Crippen LogP contribution in [0, 0.1) is 19.7 Å². The number of hydrogen-bond acceptors (Lipinski definition) is 3. The molecule has 0 aliphatic heterocycles. The predicted molar refractivity (Wildman–Crippen MR) is 78.8 cm³/mol. The molecule has 100 valence electrons. The predicted octanol–water partition coefficient (Wildman–Crippen LogP) is 3.63. The largest absolute Gasteiger partial charge is 0.383 e. The van der Waals surface area contributed by atoms with Gasteiger partial charge < -0.3 is 5.73 Å². The second-order valence-electron chi connectivity index (χ2n) is 4.84. The molecule has 0 saturated carbocycles. The van der Waals surface area contributed by atoms with E-state index in [1.165, 1.54) is 0 Å². The topological polar surface area (TPSA) is 51.8 Å². The molecule has 0 atom stereocenters. The molecule has 0 aliphatic carbocycles. The van der Waals surface area contributed by atoms with Crippen LogP contribution in [0.5, 0.6) is 0 Å². The zero-order valence-corrected chi connectivity index (χ0v) is 11.3. The van der Waals surface area contributed by atoms with Crippen LogP contribution in [0.25, 0.3) is 22.3 Å². The number of nitrogen functional groups attached to an aromatic ring is 1. The lowest BCUT2D eigenvalue weighted by molar-refractivity contribution is 0.621. The highest BCUT2D eigenvalue weighted by molar-refractivity contribution is 5.92. The quantitative estimate of drug-likeness (QED) is 0.732. The van der Waals surface area contributed by atoms with Crippen molar-refractivity contribution in [3.63, 3.8) is 0 Å². The van der Waals surface area contributed by atoms with Crippen molar-refractivity contribution in [3.8, 4) is 11.4 Å². The van der Waals surface area contributed by atoms with Crippen LogP contribution in [-0.2, 0) is 0 Å². The fraction of sp³-hybridized carbons (Fsp3) is 0.125. The number of aromatic nitrogens is 2. The highest BCUT2D eigenvalue weighted by Crippen LogP contribution is 2.27. The summed E-state index contributed by atoms with van der Waals surface area (Å²) < 4.78 is 14.2. The molecule has 3 aromatic rings. The second-order valence-corrected chi connectivity index (χ2v) is 4.84. The number of halogens is 1. The number of nitrogens with zero attached hydrogens (tertiary/aromatic N) is 2. The lowest BCUT2D eigenvalue weighted by Gasteiger charge is -2.09. The van der Waals surface area contributed by atoms with Crippen molar-refractivity contribution in [1.29, 1.82) is 0 Å². The highest BCUT2D eigenvalue weighted by atomic mass is 19.1. The molecule has 1 aromatic heterocycles. The minimum absolute atomic E-state index is 0.307. The van der Waals surface area contributed by atoms with Gasteiger partial charge in [0.15, 0.2) is 5.82 Å². The van der Waals surface area contributed by atoms with E-state index in [4.69, 9.17) is 5.73 Å². The zero-order chi connectivity index (χ0) is 14.3. The van der Waals surface area contributed by atoms with E-state index in [0.717, 1.165) is 16.5 Å². The molecule has 0 radical (unpaired) electrons. The van der Waals surface area contributed by atoms with Crippen LogP contribution in [0.15, 0.2) is 36.4 Å². The summed E-state index contributed by atoms with van der Waals surface area (Å²) in [5.74, 6) is 0.393. The fourth-order valence-corrected chi connectivity index (χ4v) is 2.33. The minimum Gasteiger partial charge on any atom is -0.383 e. The van der Waals surface area contributed by atoms with E-state index in [9.17, 15) is 4.39 Å². The Kier molecular flexibility index (Phi) is 2.86. The molecule has 3 rings (SSSR count). The molecule has 0 amide bonds. The number of benzene rings is 2. The molecule has 0 aliphatic rings. The van der Waals surface area contributed by atoms with E-state index in [1.807, 2.05) is 25.1 Å². The van der Waals surface area contributed by atoms with Crippen LogP contribution in [0.4, 0.5) is 10.2 Å². The average Bonchev–Trinajstić information content (AvgIpc) is 2.41. The molecule has 1 heterocycles. The summed E-state index contributed by atoms with van der Waals surface area (Å²) in [6, 6.07) is 10.9. The summed E-state index contributed by atoms with van der Waals surface area (Å²) in [6.45, 7) is 3.67. The maximum Gasteiger partial charge on any atom is 0.165 e. The van der Waals surface area contributed by atoms with Crippen LogP contribution in [0.3, 0.4) is 0 Å². The second kappa shape index (κ2) is 4.56. The molecular weight excluding hydrogens is 253 g/mol. The number of rotatable bonds is 1. The van der Waals surface area contributed by atoms with E-state index < -0.39 is 0 Å². The fourth-order valence-electron chi connectivity index (χ4n) is 2.33. The van der Waals surface area contributed by atoms with Gasteiger partial charge in [0.1, 0.15) is 11.6 Å². The van der Waals surface area contributed by atoms with Gasteiger partial charge >= 0.3 is 0 Å². The normalized spacial score (nSPS) is 10.9. The molecule has 2 N–H and O–H groups in total. The lowest BCUT2D eigenvalue weighted by Crippen LogP contribution is -2.00. The highest BCUT2D eigenvalue weighted by Gasteiger charge is 2.13. The monoisotopic (exact) mass is 267 g/mol. The van der Waals surface area contributed by atoms with E-state index >= 15 is 0 Å². The third-order valence-corrected chi connectivity index (χ3v) is 3.39. The first-order chi connectivity index (χ1) is 9.58. The molecule has 0 saturated heterocycles. The van der Waals surface area contributed by atoms with E-state index in [-0.39, 0.29) is 5.82 Å². The first-order valence-corrected chi connectivity index (χ1v) is 6.36. The molecule has 0 fully saturated rings. The van der Waals surface area contributed by atoms with Crippen molar-refractivity contribution in [1.82, 2.24) is 9.97 Å². The summed E-state index contributed by atoms with van der Waals surface area (Å²) in [7, 11) is 0. The van der Waals surface area contributed by atoms with Crippen LogP contribution in [0.1, 0.15) is 11.1 Å². The Balaban J connectivity index is 2.31. The van der Waals surface area contributed by atoms with Crippen molar-refractivity contribution < 1.29 is 4.39 Å². The summed E-state index contributed by atoms with van der Waals surface area (Å²) in [4.78, 5) is 8.70. The standard InChI is InChI=1S/C16H14FN3/c1-9-5-4-8-12-13(9)15(18)20-16(19-12)11-7-3-6-10(2)14(11)17/h3-8H,1-2H3,(H2,18,19,20). The molecule has 0 bridgehead atoms. The Labute approximate surface area is 116 Å². The van der Waals surface area contributed by atoms with Crippen molar-refractivity contribution in [2.45, 2.75) is 13.8 Å². The average molecular weight is 267 g/mol. The summed E-state index contributed by atoms with van der Waals surface area (Å²) in [5, 5.41) is 0.823.